The summed E-state index contributed by atoms with van der Waals surface area (Å²) in [6, 6.07) is 5.48. The van der Waals surface area contributed by atoms with Gasteiger partial charge in [-0.2, -0.15) is 0 Å². The van der Waals surface area contributed by atoms with Gasteiger partial charge in [-0.25, -0.2) is 0 Å². The lowest BCUT2D eigenvalue weighted by atomic mass is 9.83. The monoisotopic (exact) mass is 1010 g/mol. The summed E-state index contributed by atoms with van der Waals surface area (Å²) < 4.78 is 12.1. The van der Waals surface area contributed by atoms with Gasteiger partial charge >= 0.3 is 11.9 Å². The molecule has 0 radical (unpaired) electrons. The van der Waals surface area contributed by atoms with Gasteiger partial charge in [0.2, 0.25) is 11.8 Å². The van der Waals surface area contributed by atoms with Gasteiger partial charge in [0.1, 0.15) is 17.6 Å². The van der Waals surface area contributed by atoms with E-state index in [1.165, 1.54) is 7.11 Å². The van der Waals surface area contributed by atoms with E-state index in [4.69, 9.17) is 20.3 Å². The highest BCUT2D eigenvalue weighted by Crippen LogP contribution is 2.32. The summed E-state index contributed by atoms with van der Waals surface area (Å²) in [5, 5.41) is 20.1. The molecule has 1 fully saturated rings. The molecule has 1 aliphatic rings. The Hall–Kier alpha value is -4.51. The van der Waals surface area contributed by atoms with Crippen LogP contribution in [0.4, 0.5) is 0 Å². The van der Waals surface area contributed by atoms with Gasteiger partial charge in [0.25, 0.3) is 0 Å². The maximum Gasteiger partial charge on any atom is 0.320 e. The zero-order valence-electron chi connectivity index (χ0n) is 45.5. The highest BCUT2D eigenvalue weighted by atomic mass is 16.5. The third kappa shape index (κ3) is 17.9. The molecule has 5 N–H and O–H groups in total. The van der Waals surface area contributed by atoms with Crippen LogP contribution in [0.2, 0.25) is 0 Å². The van der Waals surface area contributed by atoms with Crippen LogP contribution in [0.25, 0.3) is 10.9 Å². The third-order valence-corrected chi connectivity index (χ3v) is 15.5. The molecule has 2 heterocycles. The van der Waals surface area contributed by atoms with Crippen molar-refractivity contribution in [2.24, 2.45) is 41.2 Å². The van der Waals surface area contributed by atoms with Gasteiger partial charge in [0, 0.05) is 82.4 Å². The molecule has 1 aromatic heterocycles. The van der Waals surface area contributed by atoms with E-state index in [9.17, 15) is 38.7 Å². The highest BCUT2D eigenvalue weighted by Gasteiger charge is 2.43. The van der Waals surface area contributed by atoms with Crippen LogP contribution < -0.4 is 5.73 Å². The maximum atomic E-state index is 14.7. The van der Waals surface area contributed by atoms with Gasteiger partial charge in [-0.3, -0.25) is 38.5 Å². The Kier molecular flexibility index (Phi) is 26.3. The number of ketones is 3. The topological polar surface area (TPSA) is 230 Å². The number of para-hydroxylation sites is 1. The first-order valence-corrected chi connectivity index (χ1v) is 26.7. The Morgan fingerprint density at radius 2 is 1.47 bits per heavy atom. The number of carbonyl (C=O) groups is 7. The third-order valence-electron chi connectivity index (χ3n) is 15.5. The van der Waals surface area contributed by atoms with Gasteiger partial charge in [-0.15, -0.1) is 0 Å². The first-order valence-electron chi connectivity index (χ1n) is 26.7. The van der Waals surface area contributed by atoms with E-state index in [0.29, 0.717) is 58.0 Å². The lowest BCUT2D eigenvalue weighted by molar-refractivity contribution is -0.149. The number of hydrogen-bond donors (Lipinski definition) is 4. The molecule has 1 aliphatic heterocycles. The van der Waals surface area contributed by atoms with Crippen LogP contribution in [-0.2, 0) is 49.5 Å². The number of aliphatic carboxylic acids is 2. The van der Waals surface area contributed by atoms with Crippen molar-refractivity contribution in [2.45, 2.75) is 188 Å². The average molecular weight is 1010 g/mol. The number of nitrogens with one attached hydrogen (secondary N) is 1. The summed E-state index contributed by atoms with van der Waals surface area (Å²) in [7, 11) is 6.77. The minimum atomic E-state index is -1.05. The fraction of sp³-hybridized carbons (Fsp3) is 0.732. The van der Waals surface area contributed by atoms with E-state index in [0.717, 1.165) is 48.6 Å². The molecular formula is C56H91N5O11. The molecule has 1 saturated heterocycles. The summed E-state index contributed by atoms with van der Waals surface area (Å²) in [4.78, 5) is 102. The van der Waals surface area contributed by atoms with Crippen LogP contribution in [0, 0.1) is 35.5 Å². The minimum Gasteiger partial charge on any atom is -0.481 e. The number of aromatic nitrogens is 1. The molecule has 0 bridgehead atoms. The van der Waals surface area contributed by atoms with Crippen LogP contribution in [0.5, 0.6) is 0 Å². The van der Waals surface area contributed by atoms with Crippen molar-refractivity contribution in [3.05, 3.63) is 36.0 Å². The van der Waals surface area contributed by atoms with Crippen molar-refractivity contribution in [3.8, 4) is 0 Å². The van der Waals surface area contributed by atoms with E-state index in [2.05, 4.69) is 9.88 Å². The standard InChI is InChI=1S/C56H91N5O11/c1-12-37(6)52(60(9)54(66)43(35(2)3)32-48(64)51(36(4)5)59(8)28-20-14-16-23-41(62)22-15-13-17-25-44(57)56(69)70)49(71-10)33-50(65)61-29-21-27-46(61)53(72-11)38(7)47(63)31-39(55(67)68)30-40-34-58-45-26-19-18-24-42(40)45/h18-19,24,26,34-39,43-44,46,49,51-53,58H,12-17,20-23,25,27-33,57H2,1-11H3,(H,67,68)(H,69,70)/t37-,38-,39+,43?,44-,46-,49+,51-,52?,53+/m0/s1. The molecule has 16 nitrogen and oxygen atoms in total. The fourth-order valence-corrected chi connectivity index (χ4v) is 11.0. The molecule has 2 amide bonds. The molecule has 2 aromatic rings. The highest BCUT2D eigenvalue weighted by molar-refractivity contribution is 5.90. The smallest absolute Gasteiger partial charge is 0.320 e. The Balaban J connectivity index is 1.65. The maximum absolute atomic E-state index is 14.7. The number of amides is 2. The molecule has 3 rings (SSSR count). The summed E-state index contributed by atoms with van der Waals surface area (Å²) in [5.41, 5.74) is 7.29. The molecule has 16 heteroatoms. The zero-order valence-corrected chi connectivity index (χ0v) is 45.5. The number of carbonyl (C=O) groups excluding carboxylic acids is 5. The fourth-order valence-electron chi connectivity index (χ4n) is 11.0. The molecule has 406 valence electrons. The molecule has 0 spiro atoms. The number of carboxylic acid groups (broad SMARTS) is 2. The molecule has 0 aliphatic carbocycles. The van der Waals surface area contributed by atoms with Crippen LogP contribution in [-0.4, -0.2) is 149 Å². The largest absolute Gasteiger partial charge is 0.481 e. The van der Waals surface area contributed by atoms with Gasteiger partial charge in [0.15, 0.2) is 5.78 Å². The van der Waals surface area contributed by atoms with Crippen molar-refractivity contribution in [2.75, 3.05) is 41.4 Å². The Labute approximate surface area is 429 Å². The number of carboxylic acids is 2. The van der Waals surface area contributed by atoms with Gasteiger partial charge in [-0.05, 0) is 87.9 Å². The number of nitrogens with two attached hydrogens (primary N) is 1. The quantitative estimate of drug-likeness (QED) is 0.0475. The number of H-pyrrole nitrogens is 1. The predicted octanol–water partition coefficient (Wildman–Crippen LogP) is 7.97. The number of ether oxygens (including phenoxy) is 2. The van der Waals surface area contributed by atoms with Gasteiger partial charge in [-0.1, -0.05) is 92.3 Å². The number of likely N-dealkylation sites (tertiary alicyclic amines) is 1. The SMILES string of the molecule is CC[C@H](C)C([C@@H](CC(=O)N1CCC[C@H]1[C@H](OC)[C@@H](C)C(=O)C[C@@H](Cc1c[nH]c2ccccc12)C(=O)O)OC)N(C)C(=O)C(CC(=O)[C@H](C(C)C)N(C)CCCCCC(=O)CCCCC[C@H](N)C(=O)O)C(C)C. The second-order valence-corrected chi connectivity index (χ2v) is 21.4. The van der Waals surface area contributed by atoms with E-state index < -0.39 is 66.1 Å². The predicted molar refractivity (Wildman–Crippen MR) is 280 cm³/mol. The van der Waals surface area contributed by atoms with E-state index in [1.807, 2.05) is 72.9 Å². The van der Waals surface area contributed by atoms with E-state index >= 15 is 0 Å². The summed E-state index contributed by atoms with van der Waals surface area (Å²) >= 11 is 0. The number of likely N-dealkylation sites (N-methyl/N-ethyl adjacent to an activating group) is 2. The van der Waals surface area contributed by atoms with Crippen LogP contribution >= 0.6 is 0 Å². The molecule has 1 aromatic carbocycles. The van der Waals surface area contributed by atoms with Crippen molar-refractivity contribution >= 4 is 52.0 Å². The van der Waals surface area contributed by atoms with E-state index in [-0.39, 0.29) is 72.6 Å². The number of rotatable bonds is 36. The number of nitrogens with zero attached hydrogens (tertiary/aromatic N) is 3. The Bertz CT molecular complexity index is 2050. The first kappa shape index (κ1) is 61.8. The molecular weight excluding hydrogens is 919 g/mol. The van der Waals surface area contributed by atoms with Crippen molar-refractivity contribution < 1.29 is 53.2 Å². The first-order chi connectivity index (χ1) is 34.1. The Morgan fingerprint density at radius 3 is 2.06 bits per heavy atom. The number of Topliss-reactive ketones (excluding diaryl/α,β-unsaturated/α-hetero) is 3. The number of unbranched alkanes of at least 4 members (excludes halogenated alkanes) is 4. The number of aromatic amines is 1. The van der Waals surface area contributed by atoms with Crippen LogP contribution in [0.3, 0.4) is 0 Å². The normalized spacial score (nSPS) is 17.9. The summed E-state index contributed by atoms with van der Waals surface area (Å²) in [6.07, 6.45) is 8.51. The van der Waals surface area contributed by atoms with Gasteiger partial charge < -0.3 is 40.2 Å². The lowest BCUT2D eigenvalue weighted by Gasteiger charge is -2.41. The van der Waals surface area contributed by atoms with Crippen molar-refractivity contribution in [3.63, 3.8) is 0 Å². The number of fused-ring (bicyclic) bond motifs is 1. The lowest BCUT2D eigenvalue weighted by Crippen LogP contribution is -2.54. The number of hydrogen-bond acceptors (Lipinski definition) is 11. The molecule has 72 heavy (non-hydrogen) atoms. The average Bonchev–Trinajstić information content (AvgIpc) is 3.99. The van der Waals surface area contributed by atoms with Crippen LogP contribution in [0.1, 0.15) is 150 Å². The molecule has 2 unspecified atom stereocenters. The van der Waals surface area contributed by atoms with Crippen molar-refractivity contribution in [1.82, 2.24) is 19.7 Å². The molecule has 0 saturated carbocycles. The van der Waals surface area contributed by atoms with Gasteiger partial charge in [0.05, 0.1) is 42.7 Å². The van der Waals surface area contributed by atoms with Crippen molar-refractivity contribution in [1.29, 1.82) is 0 Å². The number of benzene rings is 1. The second-order valence-electron chi connectivity index (χ2n) is 21.4. The minimum absolute atomic E-state index is 0.000701. The number of methoxy groups -OCH3 is 2. The summed E-state index contributed by atoms with van der Waals surface area (Å²) in [5.74, 6) is -4.90. The summed E-state index contributed by atoms with van der Waals surface area (Å²) in [6.45, 7) is 14.9. The second kappa shape index (κ2) is 30.6. The van der Waals surface area contributed by atoms with E-state index in [1.54, 1.807) is 37.1 Å². The molecule has 10 atom stereocenters. The zero-order chi connectivity index (χ0) is 53.8. The Morgan fingerprint density at radius 1 is 0.819 bits per heavy atom. The van der Waals surface area contributed by atoms with Crippen LogP contribution in [0.15, 0.2) is 30.5 Å².